The Bertz CT molecular complexity index is 604. The minimum Gasteiger partial charge on any atom is -0.478 e. The number of hydrogen-bond donors (Lipinski definition) is 1. The first kappa shape index (κ1) is 12.3. The highest BCUT2D eigenvalue weighted by Crippen LogP contribution is 2.26. The van der Waals surface area contributed by atoms with Crippen molar-refractivity contribution in [2.75, 3.05) is 0 Å². The third-order valence-corrected chi connectivity index (χ3v) is 2.29. The molecule has 4 nitrogen and oxygen atoms in total. The molecule has 2 aromatic rings. The topological polar surface area (TPSA) is 59.4 Å². The lowest BCUT2D eigenvalue weighted by atomic mass is 10.2. The van der Waals surface area contributed by atoms with E-state index in [4.69, 9.17) is 21.4 Å². The van der Waals surface area contributed by atoms with Crippen LogP contribution in [0.4, 0.5) is 4.39 Å². The average molecular weight is 268 g/mol. The number of halogens is 2. The van der Waals surface area contributed by atoms with Gasteiger partial charge in [0.25, 0.3) is 0 Å². The molecule has 2 rings (SSSR count). The van der Waals surface area contributed by atoms with E-state index < -0.39 is 11.8 Å². The van der Waals surface area contributed by atoms with E-state index in [0.717, 1.165) is 6.07 Å². The Morgan fingerprint density at radius 2 is 2.11 bits per heavy atom. The number of ether oxygens (including phenoxy) is 1. The molecule has 1 aromatic heterocycles. The van der Waals surface area contributed by atoms with E-state index in [1.807, 2.05) is 0 Å². The van der Waals surface area contributed by atoms with E-state index in [0.29, 0.717) is 5.02 Å². The van der Waals surface area contributed by atoms with Crippen molar-refractivity contribution in [3.63, 3.8) is 0 Å². The van der Waals surface area contributed by atoms with Gasteiger partial charge in [-0.2, -0.15) is 0 Å². The molecule has 0 aliphatic rings. The number of carboxylic acid groups (broad SMARTS) is 1. The first-order chi connectivity index (χ1) is 8.56. The van der Waals surface area contributed by atoms with Gasteiger partial charge in [0, 0.05) is 12.3 Å². The molecular formula is C12H7ClFNO3. The maximum Gasteiger partial charge on any atom is 0.335 e. The number of benzene rings is 1. The summed E-state index contributed by atoms with van der Waals surface area (Å²) in [5, 5.41) is 9.05. The smallest absolute Gasteiger partial charge is 0.335 e. The number of aromatic nitrogens is 1. The maximum atomic E-state index is 13.6. The van der Waals surface area contributed by atoms with Crippen LogP contribution in [0.1, 0.15) is 10.4 Å². The molecule has 0 saturated heterocycles. The largest absolute Gasteiger partial charge is 0.478 e. The van der Waals surface area contributed by atoms with Gasteiger partial charge in [0.05, 0.1) is 16.8 Å². The van der Waals surface area contributed by atoms with Crippen molar-refractivity contribution >= 4 is 17.6 Å². The molecule has 0 aliphatic heterocycles. The summed E-state index contributed by atoms with van der Waals surface area (Å²) in [4.78, 5) is 14.4. The summed E-state index contributed by atoms with van der Waals surface area (Å²) in [6.07, 6.45) is 2.79. The monoisotopic (exact) mass is 267 g/mol. The first-order valence-corrected chi connectivity index (χ1v) is 5.25. The van der Waals surface area contributed by atoms with Crippen molar-refractivity contribution in [3.05, 3.63) is 53.1 Å². The third-order valence-electron chi connectivity index (χ3n) is 2.09. The molecule has 1 N–H and O–H groups in total. The molecule has 0 spiro atoms. The van der Waals surface area contributed by atoms with Gasteiger partial charge in [-0.1, -0.05) is 11.6 Å². The van der Waals surface area contributed by atoms with Crippen LogP contribution in [0.2, 0.25) is 5.02 Å². The van der Waals surface area contributed by atoms with E-state index in [9.17, 15) is 9.18 Å². The number of nitrogens with zero attached hydrogens (tertiary/aromatic N) is 1. The summed E-state index contributed by atoms with van der Waals surface area (Å²) >= 11 is 5.70. The van der Waals surface area contributed by atoms with Gasteiger partial charge in [-0.15, -0.1) is 0 Å². The molecule has 0 aliphatic carbocycles. The lowest BCUT2D eigenvalue weighted by Gasteiger charge is -2.06. The van der Waals surface area contributed by atoms with Crippen molar-refractivity contribution in [2.24, 2.45) is 0 Å². The third kappa shape index (κ3) is 2.75. The lowest BCUT2D eigenvalue weighted by Crippen LogP contribution is -1.98. The molecule has 0 amide bonds. The Kier molecular flexibility index (Phi) is 3.43. The van der Waals surface area contributed by atoms with Crippen molar-refractivity contribution in [1.82, 2.24) is 4.98 Å². The van der Waals surface area contributed by atoms with Crippen LogP contribution in [0, 0.1) is 5.82 Å². The minimum atomic E-state index is -1.20. The van der Waals surface area contributed by atoms with Gasteiger partial charge in [-0.25, -0.2) is 9.18 Å². The number of hydrogen-bond acceptors (Lipinski definition) is 3. The summed E-state index contributed by atoms with van der Waals surface area (Å²) in [6, 6.07) is 4.84. The number of aromatic carboxylic acids is 1. The Labute approximate surface area is 107 Å². The summed E-state index contributed by atoms with van der Waals surface area (Å²) in [5.41, 5.74) is -0.149. The van der Waals surface area contributed by atoms with Gasteiger partial charge in [0.2, 0.25) is 0 Å². The molecule has 1 heterocycles. The molecule has 92 valence electrons. The minimum absolute atomic E-state index is 0.0935. The van der Waals surface area contributed by atoms with Crippen molar-refractivity contribution in [2.45, 2.75) is 0 Å². The van der Waals surface area contributed by atoms with Gasteiger partial charge >= 0.3 is 5.97 Å². The predicted octanol–water partition coefficient (Wildman–Crippen LogP) is 3.36. The Morgan fingerprint density at radius 3 is 2.72 bits per heavy atom. The van der Waals surface area contributed by atoms with Crippen molar-refractivity contribution in [3.8, 4) is 11.5 Å². The van der Waals surface area contributed by atoms with Crippen LogP contribution >= 0.6 is 11.6 Å². The molecule has 0 radical (unpaired) electrons. The fourth-order valence-corrected chi connectivity index (χ4v) is 1.46. The second kappa shape index (κ2) is 5.01. The second-order valence-corrected chi connectivity index (χ2v) is 3.83. The Morgan fingerprint density at radius 1 is 1.33 bits per heavy atom. The average Bonchev–Trinajstić information content (AvgIpc) is 2.31. The summed E-state index contributed by atoms with van der Waals surface area (Å²) in [5.74, 6) is -1.80. The van der Waals surface area contributed by atoms with Gasteiger partial charge < -0.3 is 9.84 Å². The molecule has 0 saturated carbocycles. The number of pyridine rings is 1. The van der Waals surface area contributed by atoms with E-state index in [2.05, 4.69) is 4.98 Å². The van der Waals surface area contributed by atoms with Crippen LogP contribution in [0.25, 0.3) is 0 Å². The summed E-state index contributed by atoms with van der Waals surface area (Å²) in [7, 11) is 0. The molecule has 0 bridgehead atoms. The van der Waals surface area contributed by atoms with Gasteiger partial charge in [0.1, 0.15) is 5.75 Å². The molecule has 0 unspecified atom stereocenters. The predicted molar refractivity (Wildman–Crippen MR) is 62.7 cm³/mol. The summed E-state index contributed by atoms with van der Waals surface area (Å²) < 4.78 is 18.8. The van der Waals surface area contributed by atoms with Gasteiger partial charge in [-0.3, -0.25) is 4.98 Å². The van der Waals surface area contributed by atoms with Gasteiger partial charge in [0.15, 0.2) is 11.6 Å². The fourth-order valence-electron chi connectivity index (χ4n) is 1.29. The van der Waals surface area contributed by atoms with Crippen LogP contribution < -0.4 is 4.74 Å². The zero-order chi connectivity index (χ0) is 13.1. The molecule has 1 aromatic carbocycles. The van der Waals surface area contributed by atoms with E-state index in [1.165, 1.54) is 30.6 Å². The molecular weight excluding hydrogens is 261 g/mol. The van der Waals surface area contributed by atoms with Crippen LogP contribution in [0.15, 0.2) is 36.7 Å². The number of carboxylic acids is 1. The Hall–Kier alpha value is -2.14. The van der Waals surface area contributed by atoms with Crippen LogP contribution in [0.5, 0.6) is 11.5 Å². The molecule has 18 heavy (non-hydrogen) atoms. The molecule has 6 heteroatoms. The normalized spacial score (nSPS) is 10.1. The Balaban J connectivity index is 2.27. The first-order valence-electron chi connectivity index (χ1n) is 4.87. The standard InChI is InChI=1S/C12H7ClFNO3/c13-8-4-9(6-15-5-8)18-11-2-1-7(12(16)17)3-10(11)14/h1-6H,(H,16,17). The second-order valence-electron chi connectivity index (χ2n) is 3.39. The number of rotatable bonds is 3. The van der Waals surface area contributed by atoms with E-state index >= 15 is 0 Å². The highest BCUT2D eigenvalue weighted by Gasteiger charge is 2.10. The van der Waals surface area contributed by atoms with Gasteiger partial charge in [-0.05, 0) is 18.2 Å². The lowest BCUT2D eigenvalue weighted by molar-refractivity contribution is 0.0696. The van der Waals surface area contributed by atoms with Crippen LogP contribution in [0.3, 0.4) is 0 Å². The maximum absolute atomic E-state index is 13.6. The highest BCUT2D eigenvalue weighted by molar-refractivity contribution is 6.30. The van der Waals surface area contributed by atoms with E-state index in [-0.39, 0.29) is 17.1 Å². The van der Waals surface area contributed by atoms with Crippen LogP contribution in [-0.4, -0.2) is 16.1 Å². The highest BCUT2D eigenvalue weighted by atomic mass is 35.5. The molecule has 0 atom stereocenters. The number of carbonyl (C=O) groups is 1. The SMILES string of the molecule is O=C(O)c1ccc(Oc2cncc(Cl)c2)c(F)c1. The quantitative estimate of drug-likeness (QED) is 0.926. The van der Waals surface area contributed by atoms with Crippen molar-refractivity contribution < 1.29 is 19.0 Å². The zero-order valence-corrected chi connectivity index (χ0v) is 9.69. The zero-order valence-electron chi connectivity index (χ0n) is 8.93. The van der Waals surface area contributed by atoms with E-state index in [1.54, 1.807) is 0 Å². The van der Waals surface area contributed by atoms with Crippen molar-refractivity contribution in [1.29, 1.82) is 0 Å². The fraction of sp³-hybridized carbons (Fsp3) is 0. The van der Waals surface area contributed by atoms with Crippen LogP contribution in [-0.2, 0) is 0 Å². The summed E-state index contributed by atoms with van der Waals surface area (Å²) in [6.45, 7) is 0. The molecule has 0 fully saturated rings.